The molecule has 4 amide bonds. The molecule has 0 aliphatic heterocycles. The summed E-state index contributed by atoms with van der Waals surface area (Å²) in [5.41, 5.74) is 18.3. The van der Waals surface area contributed by atoms with Crippen molar-refractivity contribution in [3.63, 3.8) is 0 Å². The molecule has 1 heterocycles. The van der Waals surface area contributed by atoms with E-state index in [9.17, 15) is 38.6 Å². The number of hydrogen-bond acceptors (Lipinski definition) is 7. The number of para-hydroxylation sites is 1. The Morgan fingerprint density at radius 3 is 2.16 bits per heavy atom. The number of carbonyl (C=O) groups excluding carboxylic acids is 4. The van der Waals surface area contributed by atoms with Gasteiger partial charge in [0.25, 0.3) is 0 Å². The van der Waals surface area contributed by atoms with Crippen molar-refractivity contribution < 1.29 is 38.6 Å². The van der Waals surface area contributed by atoms with Gasteiger partial charge >= 0.3 is 7.60 Å². The summed E-state index contributed by atoms with van der Waals surface area (Å²) < 4.78 is 11.4. The Morgan fingerprint density at radius 2 is 1.51 bits per heavy atom. The summed E-state index contributed by atoms with van der Waals surface area (Å²) in [5.74, 6) is -3.66. The lowest BCUT2D eigenvalue weighted by Crippen LogP contribution is -2.57. The number of rotatable bonds is 16. The number of aliphatic imine (C=N–C) groups is 1. The van der Waals surface area contributed by atoms with Gasteiger partial charge in [0, 0.05) is 36.5 Å². The lowest BCUT2D eigenvalue weighted by molar-refractivity contribution is -0.133. The predicted octanol–water partition coefficient (Wildman–Crippen LogP) is -1.17. The van der Waals surface area contributed by atoms with Gasteiger partial charge in [-0.05, 0) is 42.2 Å². The van der Waals surface area contributed by atoms with Crippen LogP contribution in [-0.2, 0) is 36.6 Å². The van der Waals surface area contributed by atoms with E-state index in [0.29, 0.717) is 11.1 Å². The van der Waals surface area contributed by atoms with Crippen LogP contribution < -0.4 is 33.2 Å². The van der Waals surface area contributed by atoms with Crippen molar-refractivity contribution in [3.05, 3.63) is 65.9 Å². The Kier molecular flexibility index (Phi) is 12.1. The molecule has 0 spiro atoms. The molecule has 242 valence electrons. The summed E-state index contributed by atoms with van der Waals surface area (Å²) in [7, 11) is -4.75. The molecule has 0 fully saturated rings. The Balaban J connectivity index is 1.84. The Hall–Kier alpha value is -4.92. The number of nitrogens with zero attached hydrogens (tertiary/aromatic N) is 1. The molecule has 0 aliphatic carbocycles. The van der Waals surface area contributed by atoms with Crippen molar-refractivity contribution in [2.75, 3.05) is 12.7 Å². The largest absolute Gasteiger partial charge is 0.508 e. The van der Waals surface area contributed by atoms with Crippen molar-refractivity contribution in [3.8, 4) is 5.75 Å². The van der Waals surface area contributed by atoms with E-state index in [2.05, 4.69) is 25.9 Å². The molecule has 2 aromatic carbocycles. The van der Waals surface area contributed by atoms with E-state index >= 15 is 0 Å². The number of amides is 4. The van der Waals surface area contributed by atoms with Crippen molar-refractivity contribution in [2.24, 2.45) is 22.2 Å². The summed E-state index contributed by atoms with van der Waals surface area (Å²) in [5, 5.41) is 17.8. The number of guanidine groups is 1. The normalized spacial score (nSPS) is 13.3. The molecule has 45 heavy (non-hydrogen) atoms. The average molecular weight is 645 g/mol. The molecule has 0 aliphatic rings. The fraction of sp³-hybridized carbons (Fsp3) is 0.321. The minimum atomic E-state index is -4.75. The SMILES string of the molecule is NC(=O)[C@H](Cc1ccc(O)cc1)NC(=O)[C@H](CCCN=C(N)N)NC(=O)[C@H](Cc1c[nH]c2ccccc12)NC(=O)CP(=O)(O)O. The highest BCUT2D eigenvalue weighted by molar-refractivity contribution is 7.52. The standard InChI is InChI=1S/C28H37N8O8P/c29-25(39)22(12-16-7-9-18(37)10-8-16)36-26(40)21(6-3-11-32-28(30)31)35-27(41)23(34-24(38)15-45(42,43)44)13-17-14-33-20-5-2-1-4-19(17)20/h1-2,4-5,7-10,14,21-23,33,37H,3,6,11-13,15H2,(H2,29,39)(H,34,38)(H,35,41)(H,36,40)(H4,30,31,32)(H2,42,43,44)/t21-,22-,23-/m0/s1. The number of aromatic hydroxyl groups is 1. The summed E-state index contributed by atoms with van der Waals surface area (Å²) >= 11 is 0. The van der Waals surface area contributed by atoms with Gasteiger partial charge in [-0.2, -0.15) is 0 Å². The molecule has 0 unspecified atom stereocenters. The zero-order valence-electron chi connectivity index (χ0n) is 24.2. The minimum absolute atomic E-state index is 0.00234. The molecule has 3 rings (SSSR count). The summed E-state index contributed by atoms with van der Waals surface area (Å²) in [6.45, 7) is 0.118. The summed E-state index contributed by atoms with van der Waals surface area (Å²) in [6.07, 6.45) is 0.640. The molecule has 17 heteroatoms. The number of nitrogens with one attached hydrogen (secondary N) is 4. The average Bonchev–Trinajstić information content (AvgIpc) is 3.36. The molecular weight excluding hydrogens is 607 g/mol. The fourth-order valence-corrected chi connectivity index (χ4v) is 5.03. The highest BCUT2D eigenvalue weighted by Gasteiger charge is 2.31. The second-order valence-corrected chi connectivity index (χ2v) is 12.0. The minimum Gasteiger partial charge on any atom is -0.508 e. The first kappa shape index (κ1) is 34.6. The van der Waals surface area contributed by atoms with E-state index in [1.807, 2.05) is 6.07 Å². The molecular formula is C28H37N8O8P. The fourth-order valence-electron chi connectivity index (χ4n) is 4.56. The Morgan fingerprint density at radius 1 is 0.867 bits per heavy atom. The van der Waals surface area contributed by atoms with Gasteiger partial charge in [-0.3, -0.25) is 28.7 Å². The predicted molar refractivity (Wildman–Crippen MR) is 166 cm³/mol. The lowest BCUT2D eigenvalue weighted by Gasteiger charge is -2.25. The number of aromatic amines is 1. The van der Waals surface area contributed by atoms with Gasteiger partial charge in [0.05, 0.1) is 0 Å². The highest BCUT2D eigenvalue weighted by Crippen LogP contribution is 2.33. The van der Waals surface area contributed by atoms with Crippen LogP contribution in [-0.4, -0.2) is 80.3 Å². The van der Waals surface area contributed by atoms with Gasteiger partial charge < -0.3 is 53.0 Å². The van der Waals surface area contributed by atoms with E-state index in [4.69, 9.17) is 17.2 Å². The number of hydrogen-bond donors (Lipinski definition) is 10. The summed E-state index contributed by atoms with van der Waals surface area (Å²) in [6, 6.07) is 9.36. The van der Waals surface area contributed by atoms with Crippen LogP contribution in [0.15, 0.2) is 59.7 Å². The van der Waals surface area contributed by atoms with E-state index in [1.165, 1.54) is 12.1 Å². The van der Waals surface area contributed by atoms with Crippen molar-refractivity contribution in [1.82, 2.24) is 20.9 Å². The van der Waals surface area contributed by atoms with Crippen molar-refractivity contribution >= 4 is 48.1 Å². The Labute approximate surface area is 258 Å². The van der Waals surface area contributed by atoms with Gasteiger partial charge in [-0.1, -0.05) is 30.3 Å². The van der Waals surface area contributed by atoms with Crippen molar-refractivity contribution in [1.29, 1.82) is 0 Å². The van der Waals surface area contributed by atoms with E-state index in [-0.39, 0.29) is 43.9 Å². The van der Waals surface area contributed by atoms with Crippen LogP contribution in [0.5, 0.6) is 5.75 Å². The van der Waals surface area contributed by atoms with E-state index in [0.717, 1.165) is 10.9 Å². The molecule has 0 radical (unpaired) electrons. The molecule has 0 saturated heterocycles. The first-order valence-corrected chi connectivity index (χ1v) is 15.6. The second-order valence-electron chi connectivity index (χ2n) is 10.4. The van der Waals surface area contributed by atoms with Crippen LogP contribution in [0.4, 0.5) is 0 Å². The number of carbonyl (C=O) groups is 4. The third-order valence-corrected chi connectivity index (χ3v) is 7.41. The zero-order valence-corrected chi connectivity index (χ0v) is 25.1. The first-order valence-electron chi connectivity index (χ1n) is 13.8. The van der Waals surface area contributed by atoms with Crippen LogP contribution in [0.3, 0.4) is 0 Å². The summed E-state index contributed by atoms with van der Waals surface area (Å²) in [4.78, 5) is 77.3. The molecule has 13 N–H and O–H groups in total. The molecule has 0 saturated carbocycles. The van der Waals surface area contributed by atoms with E-state index in [1.54, 1.807) is 36.5 Å². The molecule has 0 bridgehead atoms. The molecule has 16 nitrogen and oxygen atoms in total. The number of nitrogens with two attached hydrogens (primary N) is 3. The van der Waals surface area contributed by atoms with Crippen LogP contribution >= 0.6 is 7.60 Å². The second kappa shape index (κ2) is 15.7. The Bertz CT molecular complexity index is 1580. The maximum absolute atomic E-state index is 13.6. The lowest BCUT2D eigenvalue weighted by atomic mass is 10.0. The maximum Gasteiger partial charge on any atom is 0.334 e. The van der Waals surface area contributed by atoms with Crippen molar-refractivity contribution in [2.45, 2.75) is 43.8 Å². The van der Waals surface area contributed by atoms with Crippen LogP contribution in [0.25, 0.3) is 10.9 Å². The molecule has 3 atom stereocenters. The third-order valence-electron chi connectivity index (χ3n) is 6.71. The van der Waals surface area contributed by atoms with E-state index < -0.39 is 55.5 Å². The molecule has 1 aromatic heterocycles. The number of phenols is 1. The quantitative estimate of drug-likeness (QED) is 0.0386. The number of H-pyrrole nitrogens is 1. The smallest absolute Gasteiger partial charge is 0.334 e. The number of aromatic nitrogens is 1. The highest BCUT2D eigenvalue weighted by atomic mass is 31.2. The monoisotopic (exact) mass is 644 g/mol. The topological polar surface area (TPSA) is 288 Å². The van der Waals surface area contributed by atoms with Gasteiger partial charge in [-0.15, -0.1) is 0 Å². The molecule has 3 aromatic rings. The maximum atomic E-state index is 13.6. The number of benzene rings is 2. The third kappa shape index (κ3) is 11.3. The van der Waals surface area contributed by atoms with Gasteiger partial charge in [0.15, 0.2) is 5.96 Å². The number of phenolic OH excluding ortho intramolecular Hbond substituents is 1. The number of primary amides is 1. The zero-order chi connectivity index (χ0) is 33.1. The van der Waals surface area contributed by atoms with Gasteiger partial charge in [0.2, 0.25) is 23.6 Å². The van der Waals surface area contributed by atoms with Gasteiger partial charge in [-0.25, -0.2) is 0 Å². The van der Waals surface area contributed by atoms with Crippen LogP contribution in [0, 0.1) is 0 Å². The van der Waals surface area contributed by atoms with Crippen LogP contribution in [0.2, 0.25) is 0 Å². The first-order chi connectivity index (χ1) is 21.2. The van der Waals surface area contributed by atoms with Crippen LogP contribution in [0.1, 0.15) is 24.0 Å². The number of fused-ring (bicyclic) bond motifs is 1. The van der Waals surface area contributed by atoms with Gasteiger partial charge in [0.1, 0.15) is 30.0 Å².